The number of hydrogen-bond acceptors (Lipinski definition) is 1. The van der Waals surface area contributed by atoms with Gasteiger partial charge in [0.2, 0.25) is 0 Å². The van der Waals surface area contributed by atoms with Crippen molar-refractivity contribution in [1.29, 1.82) is 0 Å². The van der Waals surface area contributed by atoms with Gasteiger partial charge in [-0.15, -0.1) is 0 Å². The van der Waals surface area contributed by atoms with Gasteiger partial charge in [-0.25, -0.2) is 0 Å². The van der Waals surface area contributed by atoms with Crippen molar-refractivity contribution in [3.05, 3.63) is 34.5 Å². The van der Waals surface area contributed by atoms with Gasteiger partial charge in [0.15, 0.2) is 0 Å². The van der Waals surface area contributed by atoms with Crippen molar-refractivity contribution < 1.29 is 9.90 Å². The van der Waals surface area contributed by atoms with E-state index in [1.807, 2.05) is 25.1 Å². The lowest BCUT2D eigenvalue weighted by molar-refractivity contribution is -0.137. The van der Waals surface area contributed by atoms with Gasteiger partial charge in [-0.2, -0.15) is 0 Å². The molecule has 1 unspecified atom stereocenters. The summed E-state index contributed by atoms with van der Waals surface area (Å²) in [6, 6.07) is 5.68. The van der Waals surface area contributed by atoms with Crippen LogP contribution in [0.4, 0.5) is 0 Å². The molecule has 0 spiro atoms. The standard InChI is InChI=1S/C15H18ClNO2/c1-8(2)11(7-14(18)19)15-9(3)17-13-5-4-10(16)6-12(13)15/h4-6,8,11,17H,7H2,1-3H3,(H,18,19). The lowest BCUT2D eigenvalue weighted by Crippen LogP contribution is -2.12. The Morgan fingerprint density at radius 2 is 2.11 bits per heavy atom. The molecule has 102 valence electrons. The molecular weight excluding hydrogens is 262 g/mol. The Kier molecular flexibility index (Phi) is 3.85. The highest BCUT2D eigenvalue weighted by Gasteiger charge is 2.24. The molecule has 0 aliphatic rings. The highest BCUT2D eigenvalue weighted by atomic mass is 35.5. The second-order valence-electron chi connectivity index (χ2n) is 5.30. The number of benzene rings is 1. The van der Waals surface area contributed by atoms with E-state index >= 15 is 0 Å². The van der Waals surface area contributed by atoms with Gasteiger partial charge in [0, 0.05) is 21.6 Å². The van der Waals surface area contributed by atoms with Crippen LogP contribution in [-0.4, -0.2) is 16.1 Å². The van der Waals surface area contributed by atoms with Gasteiger partial charge in [-0.3, -0.25) is 4.79 Å². The number of aryl methyl sites for hydroxylation is 1. The number of aromatic amines is 1. The zero-order valence-corrected chi connectivity index (χ0v) is 12.1. The molecule has 0 aliphatic heterocycles. The first-order chi connectivity index (χ1) is 8.90. The lowest BCUT2D eigenvalue weighted by Gasteiger charge is -2.20. The Morgan fingerprint density at radius 1 is 1.42 bits per heavy atom. The maximum Gasteiger partial charge on any atom is 0.303 e. The minimum atomic E-state index is -0.769. The minimum Gasteiger partial charge on any atom is -0.481 e. The number of carboxylic acids is 1. The van der Waals surface area contributed by atoms with Crippen molar-refractivity contribution in [2.24, 2.45) is 5.92 Å². The fourth-order valence-corrected chi connectivity index (χ4v) is 2.83. The zero-order valence-electron chi connectivity index (χ0n) is 11.3. The number of aromatic nitrogens is 1. The third-order valence-corrected chi connectivity index (χ3v) is 3.80. The highest BCUT2D eigenvalue weighted by Crippen LogP contribution is 2.36. The van der Waals surface area contributed by atoms with Crippen LogP contribution in [0.1, 0.15) is 37.4 Å². The average Bonchev–Trinajstić information content (AvgIpc) is 2.61. The predicted molar refractivity (Wildman–Crippen MR) is 77.9 cm³/mol. The van der Waals surface area contributed by atoms with Gasteiger partial charge in [-0.1, -0.05) is 25.4 Å². The number of carbonyl (C=O) groups is 1. The molecule has 1 aromatic heterocycles. The van der Waals surface area contributed by atoms with E-state index in [2.05, 4.69) is 18.8 Å². The summed E-state index contributed by atoms with van der Waals surface area (Å²) in [6.45, 7) is 6.09. The van der Waals surface area contributed by atoms with Crippen LogP contribution in [0.3, 0.4) is 0 Å². The number of hydrogen-bond donors (Lipinski definition) is 2. The van der Waals surface area contributed by atoms with E-state index < -0.39 is 5.97 Å². The Morgan fingerprint density at radius 3 is 2.68 bits per heavy atom. The molecule has 0 amide bonds. The number of fused-ring (bicyclic) bond motifs is 1. The van der Waals surface area contributed by atoms with E-state index in [-0.39, 0.29) is 18.3 Å². The van der Waals surface area contributed by atoms with Crippen molar-refractivity contribution >= 4 is 28.5 Å². The molecule has 3 nitrogen and oxygen atoms in total. The third-order valence-electron chi connectivity index (χ3n) is 3.57. The molecule has 2 rings (SSSR count). The molecule has 2 N–H and O–H groups in total. The Bertz CT molecular complexity index is 616. The van der Waals surface area contributed by atoms with Crippen molar-refractivity contribution in [3.63, 3.8) is 0 Å². The molecule has 0 fully saturated rings. The topological polar surface area (TPSA) is 53.1 Å². The van der Waals surface area contributed by atoms with Crippen LogP contribution in [0.2, 0.25) is 5.02 Å². The van der Waals surface area contributed by atoms with Crippen LogP contribution < -0.4 is 0 Å². The van der Waals surface area contributed by atoms with E-state index in [1.165, 1.54) is 0 Å². The Hall–Kier alpha value is -1.48. The van der Waals surface area contributed by atoms with Crippen LogP contribution in [0.25, 0.3) is 10.9 Å². The maximum absolute atomic E-state index is 11.1. The molecule has 0 saturated carbocycles. The van der Waals surface area contributed by atoms with Crippen molar-refractivity contribution in [2.75, 3.05) is 0 Å². The minimum absolute atomic E-state index is 0.00952. The third kappa shape index (κ3) is 2.76. The molecule has 1 heterocycles. The summed E-state index contributed by atoms with van der Waals surface area (Å²) in [6.07, 6.45) is 0.137. The monoisotopic (exact) mass is 279 g/mol. The molecule has 4 heteroatoms. The fraction of sp³-hybridized carbons (Fsp3) is 0.400. The van der Waals surface area contributed by atoms with Crippen LogP contribution in [0.15, 0.2) is 18.2 Å². The molecular formula is C15H18ClNO2. The first-order valence-electron chi connectivity index (χ1n) is 6.39. The van der Waals surface area contributed by atoms with Gasteiger partial charge in [0.05, 0.1) is 6.42 Å². The molecule has 19 heavy (non-hydrogen) atoms. The normalized spacial score (nSPS) is 13.1. The molecule has 1 aromatic carbocycles. The summed E-state index contributed by atoms with van der Waals surface area (Å²) in [5.74, 6) is -0.521. The van der Waals surface area contributed by atoms with Gasteiger partial charge in [0.25, 0.3) is 0 Å². The second-order valence-corrected chi connectivity index (χ2v) is 5.74. The van der Waals surface area contributed by atoms with Crippen LogP contribution in [0, 0.1) is 12.8 Å². The van der Waals surface area contributed by atoms with Gasteiger partial charge < -0.3 is 10.1 Å². The summed E-state index contributed by atoms with van der Waals surface area (Å²) in [5.41, 5.74) is 3.11. The van der Waals surface area contributed by atoms with E-state index in [4.69, 9.17) is 16.7 Å². The Balaban J connectivity index is 2.61. The molecule has 1 atom stereocenters. The SMILES string of the molecule is Cc1[nH]c2ccc(Cl)cc2c1C(CC(=O)O)C(C)C. The van der Waals surface area contributed by atoms with E-state index in [9.17, 15) is 4.79 Å². The average molecular weight is 280 g/mol. The number of halogens is 1. The smallest absolute Gasteiger partial charge is 0.303 e. The summed E-state index contributed by atoms with van der Waals surface area (Å²) in [4.78, 5) is 14.4. The second kappa shape index (κ2) is 5.25. The van der Waals surface area contributed by atoms with E-state index in [0.29, 0.717) is 5.02 Å². The van der Waals surface area contributed by atoms with Crippen LogP contribution >= 0.6 is 11.6 Å². The van der Waals surface area contributed by atoms with Gasteiger partial charge in [0.1, 0.15) is 0 Å². The van der Waals surface area contributed by atoms with Crippen molar-refractivity contribution in [3.8, 4) is 0 Å². The first-order valence-corrected chi connectivity index (χ1v) is 6.77. The number of aliphatic carboxylic acids is 1. The number of rotatable bonds is 4. The van der Waals surface area contributed by atoms with E-state index in [1.54, 1.807) is 0 Å². The molecule has 0 aliphatic carbocycles. The summed E-state index contributed by atoms with van der Waals surface area (Å²) in [5, 5.41) is 10.8. The van der Waals surface area contributed by atoms with Crippen molar-refractivity contribution in [1.82, 2.24) is 4.98 Å². The molecule has 0 bridgehead atoms. The molecule has 0 saturated heterocycles. The van der Waals surface area contributed by atoms with Gasteiger partial charge >= 0.3 is 5.97 Å². The van der Waals surface area contributed by atoms with Crippen molar-refractivity contribution in [2.45, 2.75) is 33.1 Å². The molecule has 2 aromatic rings. The number of H-pyrrole nitrogens is 1. The summed E-state index contributed by atoms with van der Waals surface area (Å²) >= 11 is 6.06. The molecule has 0 radical (unpaired) electrons. The van der Waals surface area contributed by atoms with Crippen LogP contribution in [0.5, 0.6) is 0 Å². The quantitative estimate of drug-likeness (QED) is 0.874. The van der Waals surface area contributed by atoms with Gasteiger partial charge in [-0.05, 0) is 42.5 Å². The number of nitrogens with one attached hydrogen (secondary N) is 1. The zero-order chi connectivity index (χ0) is 14.2. The Labute approximate surface area is 117 Å². The number of carboxylic acid groups (broad SMARTS) is 1. The maximum atomic E-state index is 11.1. The first kappa shape index (κ1) is 13.9. The summed E-state index contributed by atoms with van der Waals surface area (Å²) in [7, 11) is 0. The largest absolute Gasteiger partial charge is 0.481 e. The van der Waals surface area contributed by atoms with Crippen LogP contribution in [-0.2, 0) is 4.79 Å². The van der Waals surface area contributed by atoms with E-state index in [0.717, 1.165) is 22.2 Å². The summed E-state index contributed by atoms with van der Waals surface area (Å²) < 4.78 is 0. The fourth-order valence-electron chi connectivity index (χ4n) is 2.66. The lowest BCUT2D eigenvalue weighted by atomic mass is 9.84. The highest BCUT2D eigenvalue weighted by molar-refractivity contribution is 6.31. The predicted octanol–water partition coefficient (Wildman–Crippen LogP) is 4.34.